The van der Waals surface area contributed by atoms with Gasteiger partial charge >= 0.3 is 5.97 Å². The van der Waals surface area contributed by atoms with E-state index in [1.807, 2.05) is 20.1 Å². The Hall–Kier alpha value is -0.460. The van der Waals surface area contributed by atoms with Crippen LogP contribution in [0, 0.1) is 5.92 Å². The molecule has 2 atom stereocenters. The lowest BCUT2D eigenvalue weighted by Crippen LogP contribution is -2.49. The molecule has 0 aromatic rings. The van der Waals surface area contributed by atoms with E-state index in [1.165, 1.54) is 0 Å². The number of esters is 1. The summed E-state index contributed by atoms with van der Waals surface area (Å²) in [7, 11) is 0. The molecule has 1 amide bonds. The first-order chi connectivity index (χ1) is 9.27. The van der Waals surface area contributed by atoms with E-state index < -0.39 is 12.1 Å². The van der Waals surface area contributed by atoms with E-state index in [1.54, 1.807) is 25.6 Å². The molecule has 0 rings (SSSR count). The molecule has 7 heteroatoms. The fourth-order valence-corrected chi connectivity index (χ4v) is 2.14. The van der Waals surface area contributed by atoms with Gasteiger partial charge in [0.05, 0.1) is 12.1 Å². The summed E-state index contributed by atoms with van der Waals surface area (Å²) in [6.45, 7) is 7.57. The number of nitrogens with two attached hydrogens (primary N) is 1. The van der Waals surface area contributed by atoms with Crippen molar-refractivity contribution >= 4 is 36.0 Å². The van der Waals surface area contributed by atoms with Gasteiger partial charge in [0.2, 0.25) is 5.91 Å². The van der Waals surface area contributed by atoms with Crippen LogP contribution in [0.3, 0.4) is 0 Å². The summed E-state index contributed by atoms with van der Waals surface area (Å²) in [4.78, 5) is 24.0. The van der Waals surface area contributed by atoms with Gasteiger partial charge in [-0.1, -0.05) is 13.8 Å². The molecule has 3 N–H and O–H groups in total. The van der Waals surface area contributed by atoms with Crippen molar-refractivity contribution in [3.63, 3.8) is 0 Å². The van der Waals surface area contributed by atoms with Crippen molar-refractivity contribution in [1.29, 1.82) is 0 Å². The van der Waals surface area contributed by atoms with Crippen LogP contribution < -0.4 is 11.1 Å². The highest BCUT2D eigenvalue weighted by Gasteiger charge is 2.26. The van der Waals surface area contributed by atoms with E-state index in [4.69, 9.17) is 10.5 Å². The number of ether oxygens (including phenoxy) is 1. The minimum absolute atomic E-state index is 0. The predicted octanol–water partition coefficient (Wildman–Crippen LogP) is 1.97. The second-order valence-corrected chi connectivity index (χ2v) is 6.55. The average Bonchev–Trinajstić information content (AvgIpc) is 2.33. The first-order valence-electron chi connectivity index (χ1n) is 7.03. The number of rotatable bonds is 9. The van der Waals surface area contributed by atoms with Gasteiger partial charge in [-0.25, -0.2) is 4.79 Å². The number of hydrogen-bond acceptors (Lipinski definition) is 5. The highest BCUT2D eigenvalue weighted by atomic mass is 35.5. The van der Waals surface area contributed by atoms with Gasteiger partial charge in [0.25, 0.3) is 0 Å². The molecule has 0 aliphatic carbocycles. The molecule has 0 fully saturated rings. The maximum Gasteiger partial charge on any atom is 0.328 e. The predicted molar refractivity (Wildman–Crippen MR) is 90.8 cm³/mol. The minimum atomic E-state index is -0.620. The van der Waals surface area contributed by atoms with E-state index in [9.17, 15) is 9.59 Å². The van der Waals surface area contributed by atoms with Crippen molar-refractivity contribution in [2.75, 3.05) is 12.0 Å². The summed E-state index contributed by atoms with van der Waals surface area (Å²) in [5.41, 5.74) is 5.81. The van der Waals surface area contributed by atoms with Gasteiger partial charge in [-0.15, -0.1) is 12.4 Å². The van der Waals surface area contributed by atoms with Gasteiger partial charge < -0.3 is 15.8 Å². The number of halogens is 1. The molecule has 0 saturated heterocycles. The zero-order chi connectivity index (χ0) is 15.7. The van der Waals surface area contributed by atoms with Gasteiger partial charge in [0.15, 0.2) is 0 Å². The Balaban J connectivity index is 0. The Morgan fingerprint density at radius 1 is 1.24 bits per heavy atom. The van der Waals surface area contributed by atoms with E-state index in [0.29, 0.717) is 12.8 Å². The fourth-order valence-electron chi connectivity index (χ4n) is 1.65. The topological polar surface area (TPSA) is 81.4 Å². The van der Waals surface area contributed by atoms with E-state index in [0.717, 1.165) is 5.75 Å². The molecule has 0 aromatic carbocycles. The number of hydrogen-bond donors (Lipinski definition) is 2. The summed E-state index contributed by atoms with van der Waals surface area (Å²) in [6, 6.07) is -1.20. The number of nitrogens with one attached hydrogen (secondary N) is 1. The molecule has 0 aliphatic heterocycles. The largest absolute Gasteiger partial charge is 0.461 e. The second kappa shape index (κ2) is 12.1. The fraction of sp³-hybridized carbons (Fsp3) is 0.857. The van der Waals surface area contributed by atoms with Crippen molar-refractivity contribution < 1.29 is 14.3 Å². The van der Waals surface area contributed by atoms with Gasteiger partial charge in [-0.05, 0) is 44.6 Å². The van der Waals surface area contributed by atoms with Gasteiger partial charge in [-0.2, -0.15) is 11.8 Å². The third-order valence-electron chi connectivity index (χ3n) is 2.63. The van der Waals surface area contributed by atoms with Crippen LogP contribution in [0.2, 0.25) is 0 Å². The highest BCUT2D eigenvalue weighted by Crippen LogP contribution is 2.08. The monoisotopic (exact) mass is 340 g/mol. The molecule has 0 unspecified atom stereocenters. The van der Waals surface area contributed by atoms with Crippen molar-refractivity contribution in [1.82, 2.24) is 5.32 Å². The molecule has 0 heterocycles. The van der Waals surface area contributed by atoms with Crippen molar-refractivity contribution in [2.45, 2.75) is 58.7 Å². The van der Waals surface area contributed by atoms with Gasteiger partial charge in [0, 0.05) is 0 Å². The molecule has 0 aromatic heterocycles. The summed E-state index contributed by atoms with van der Waals surface area (Å²) in [5, 5.41) is 2.71. The lowest BCUT2D eigenvalue weighted by atomic mass is 10.0. The average molecular weight is 341 g/mol. The Kier molecular flexibility index (Phi) is 13.2. The number of thioether (sulfide) groups is 1. The zero-order valence-corrected chi connectivity index (χ0v) is 15.2. The Labute approximate surface area is 138 Å². The quantitative estimate of drug-likeness (QED) is 0.627. The zero-order valence-electron chi connectivity index (χ0n) is 13.5. The minimum Gasteiger partial charge on any atom is -0.461 e. The van der Waals surface area contributed by atoms with Crippen molar-refractivity contribution in [3.8, 4) is 0 Å². The number of amides is 1. The van der Waals surface area contributed by atoms with E-state index in [-0.39, 0.29) is 36.3 Å². The van der Waals surface area contributed by atoms with Crippen LogP contribution in [0.15, 0.2) is 0 Å². The second-order valence-electron chi connectivity index (χ2n) is 5.56. The molecule has 0 saturated carbocycles. The number of carbonyl (C=O) groups is 2. The van der Waals surface area contributed by atoms with Gasteiger partial charge in [0.1, 0.15) is 6.04 Å². The summed E-state index contributed by atoms with van der Waals surface area (Å²) in [6.07, 6.45) is 2.92. The van der Waals surface area contributed by atoms with Crippen LogP contribution in [0.25, 0.3) is 0 Å². The van der Waals surface area contributed by atoms with E-state index in [2.05, 4.69) is 5.32 Å². The number of carbonyl (C=O) groups excluding carboxylic acids is 2. The first-order valence-corrected chi connectivity index (χ1v) is 8.42. The van der Waals surface area contributed by atoms with Crippen LogP contribution in [0.4, 0.5) is 0 Å². The molecule has 0 spiro atoms. The summed E-state index contributed by atoms with van der Waals surface area (Å²) < 4.78 is 5.18. The lowest BCUT2D eigenvalue weighted by Gasteiger charge is -2.22. The lowest BCUT2D eigenvalue weighted by molar-refractivity contribution is -0.152. The van der Waals surface area contributed by atoms with E-state index >= 15 is 0 Å². The molecule has 5 nitrogen and oxygen atoms in total. The van der Waals surface area contributed by atoms with Gasteiger partial charge in [-0.3, -0.25) is 4.79 Å². The van der Waals surface area contributed by atoms with Crippen LogP contribution in [-0.2, 0) is 14.3 Å². The molecule has 0 radical (unpaired) electrons. The Morgan fingerprint density at radius 2 is 1.81 bits per heavy atom. The molecular weight excluding hydrogens is 312 g/mol. The maximum absolute atomic E-state index is 12.0. The highest BCUT2D eigenvalue weighted by molar-refractivity contribution is 7.98. The summed E-state index contributed by atoms with van der Waals surface area (Å²) in [5.74, 6) is 0.423. The standard InChI is InChI=1S/C14H28N2O3S.ClH/c1-9(2)8-12(14(18)19-10(3)4)16-13(17)11(15)6-7-20-5;/h9-12H,6-8,15H2,1-5H3,(H,16,17);1H/t11-,12-;/m0./s1. The molecule has 126 valence electrons. The smallest absolute Gasteiger partial charge is 0.328 e. The molecule has 0 bridgehead atoms. The Bertz CT molecular complexity index is 315. The SMILES string of the molecule is CSCC[C@H](N)C(=O)N[C@@H](CC(C)C)C(=O)OC(C)C.Cl. The van der Waals surface area contributed by atoms with Crippen molar-refractivity contribution in [3.05, 3.63) is 0 Å². The third kappa shape index (κ3) is 10.8. The summed E-state index contributed by atoms with van der Waals surface area (Å²) >= 11 is 1.64. The van der Waals surface area contributed by atoms with Crippen LogP contribution in [0.1, 0.15) is 40.5 Å². The molecule has 0 aliphatic rings. The molecule has 21 heavy (non-hydrogen) atoms. The third-order valence-corrected chi connectivity index (χ3v) is 3.27. The van der Waals surface area contributed by atoms with Crippen LogP contribution >= 0.6 is 24.2 Å². The maximum atomic E-state index is 12.0. The van der Waals surface area contributed by atoms with Crippen LogP contribution in [-0.4, -0.2) is 42.1 Å². The normalized spacial score (nSPS) is 13.5. The first kappa shape index (κ1) is 22.8. The van der Waals surface area contributed by atoms with Crippen LogP contribution in [0.5, 0.6) is 0 Å². The molecular formula is C14H29ClN2O3S. The van der Waals surface area contributed by atoms with Crippen molar-refractivity contribution in [2.24, 2.45) is 11.7 Å². The Morgan fingerprint density at radius 3 is 2.24 bits per heavy atom.